The molecule has 0 aliphatic carbocycles. The second kappa shape index (κ2) is 17.2. The summed E-state index contributed by atoms with van der Waals surface area (Å²) in [5.74, 6) is 2.88. The summed E-state index contributed by atoms with van der Waals surface area (Å²) in [5, 5.41) is 0. The number of hydrogen-bond donors (Lipinski definition) is 0. The Morgan fingerprint density at radius 1 is 0.829 bits per heavy atom. The van der Waals surface area contributed by atoms with Gasteiger partial charge in [0.25, 0.3) is 0 Å². The summed E-state index contributed by atoms with van der Waals surface area (Å²) < 4.78 is 18.8. The van der Waals surface area contributed by atoms with Crippen LogP contribution in [0.1, 0.15) is 93.5 Å². The molecule has 0 radical (unpaired) electrons. The third kappa shape index (κ3) is 11.5. The molecule has 0 saturated heterocycles. The zero-order chi connectivity index (χ0) is 30.5. The predicted molar refractivity (Wildman–Crippen MR) is 165 cm³/mol. The van der Waals surface area contributed by atoms with Gasteiger partial charge in [-0.3, -0.25) is 4.79 Å². The Hall–Kier alpha value is -2.83. The van der Waals surface area contributed by atoms with Gasteiger partial charge in [-0.25, -0.2) is 9.78 Å². The second-order valence-corrected chi connectivity index (χ2v) is 12.9. The molecule has 0 aliphatic rings. The van der Waals surface area contributed by atoms with Crippen LogP contribution in [-0.2, 0) is 19.1 Å². The smallest absolute Gasteiger partial charge is 0.329 e. The van der Waals surface area contributed by atoms with Crippen molar-refractivity contribution in [2.75, 3.05) is 20.3 Å². The van der Waals surface area contributed by atoms with Crippen LogP contribution in [0.4, 0.5) is 0 Å². The van der Waals surface area contributed by atoms with Gasteiger partial charge in [0.2, 0.25) is 0 Å². The van der Waals surface area contributed by atoms with Crippen molar-refractivity contribution in [3.05, 3.63) is 36.7 Å². The molecule has 1 heterocycles. The van der Waals surface area contributed by atoms with E-state index in [0.29, 0.717) is 48.5 Å². The first kappa shape index (κ1) is 34.4. The van der Waals surface area contributed by atoms with Crippen LogP contribution in [0.3, 0.4) is 0 Å². The Morgan fingerprint density at radius 3 is 1.95 bits per heavy atom. The molecule has 1 aromatic heterocycles. The predicted octanol–water partition coefficient (Wildman–Crippen LogP) is 7.99. The maximum Gasteiger partial charge on any atom is 0.329 e. The number of carbonyl (C=O) groups is 2. The van der Waals surface area contributed by atoms with Crippen LogP contribution < -0.4 is 4.74 Å². The average molecular weight is 571 g/mol. The zero-order valence-electron chi connectivity index (χ0n) is 26.9. The normalized spacial score (nSPS) is 14.0. The van der Waals surface area contributed by atoms with E-state index in [0.717, 1.165) is 31.2 Å². The Kier molecular flexibility index (Phi) is 14.4. The molecule has 2 aromatic rings. The van der Waals surface area contributed by atoms with E-state index in [1.54, 1.807) is 24.1 Å². The molecular weight excluding hydrogens is 516 g/mol. The van der Waals surface area contributed by atoms with E-state index in [-0.39, 0.29) is 18.3 Å². The van der Waals surface area contributed by atoms with Gasteiger partial charge in [0.15, 0.2) is 0 Å². The zero-order valence-corrected chi connectivity index (χ0v) is 26.9. The number of hydrogen-bond acceptors (Lipinski definition) is 6. The summed E-state index contributed by atoms with van der Waals surface area (Å²) in [6.07, 6.45) is 7.39. The van der Waals surface area contributed by atoms with Gasteiger partial charge in [0.1, 0.15) is 17.6 Å². The quantitative estimate of drug-likeness (QED) is 0.169. The number of nitrogens with zero attached hydrogens (tertiary/aromatic N) is 2. The lowest BCUT2D eigenvalue weighted by atomic mass is 9.89. The highest BCUT2D eigenvalue weighted by Crippen LogP contribution is 2.29. The molecule has 2 rings (SSSR count). The van der Waals surface area contributed by atoms with Crippen LogP contribution in [0.25, 0.3) is 11.4 Å². The lowest BCUT2D eigenvalue weighted by molar-refractivity contribution is -0.156. The fraction of sp³-hybridized carbons (Fsp3) is 0.676. The number of ether oxygens (including phenoxy) is 3. The Labute approximate surface area is 248 Å². The van der Waals surface area contributed by atoms with Crippen molar-refractivity contribution in [3.63, 3.8) is 0 Å². The molecule has 0 N–H and O–H groups in total. The third-order valence-electron chi connectivity index (χ3n) is 7.98. The number of esters is 2. The van der Waals surface area contributed by atoms with Gasteiger partial charge in [0, 0.05) is 18.0 Å². The molecule has 0 spiro atoms. The van der Waals surface area contributed by atoms with Crippen LogP contribution in [-0.4, -0.2) is 41.8 Å². The molecule has 230 valence electrons. The van der Waals surface area contributed by atoms with Gasteiger partial charge in [0.05, 0.1) is 26.7 Å². The first-order chi connectivity index (χ1) is 19.4. The summed E-state index contributed by atoms with van der Waals surface area (Å²) >= 11 is 0. The number of rotatable bonds is 18. The summed E-state index contributed by atoms with van der Waals surface area (Å²) in [7, 11) is 1.61. The number of imidazole rings is 1. The summed E-state index contributed by atoms with van der Waals surface area (Å²) in [6, 6.07) is 6.61. The third-order valence-corrected chi connectivity index (χ3v) is 7.98. The van der Waals surface area contributed by atoms with E-state index in [4.69, 9.17) is 14.2 Å². The minimum atomic E-state index is -0.891. The second-order valence-electron chi connectivity index (χ2n) is 12.9. The van der Waals surface area contributed by atoms with E-state index in [1.807, 2.05) is 24.3 Å². The first-order valence-corrected chi connectivity index (χ1v) is 15.4. The van der Waals surface area contributed by atoms with Crippen molar-refractivity contribution >= 4 is 11.9 Å². The average Bonchev–Trinajstić information content (AvgIpc) is 3.40. The number of benzene rings is 1. The lowest BCUT2D eigenvalue weighted by Gasteiger charge is -2.25. The maximum absolute atomic E-state index is 13.7. The number of carbonyl (C=O) groups excluding carboxylic acids is 2. The van der Waals surface area contributed by atoms with Gasteiger partial charge < -0.3 is 18.8 Å². The Morgan fingerprint density at radius 2 is 1.41 bits per heavy atom. The van der Waals surface area contributed by atoms with E-state index in [9.17, 15) is 9.59 Å². The highest BCUT2D eigenvalue weighted by molar-refractivity contribution is 5.82. The van der Waals surface area contributed by atoms with E-state index < -0.39 is 18.0 Å². The van der Waals surface area contributed by atoms with E-state index >= 15 is 0 Å². The number of methoxy groups -OCH3 is 1. The summed E-state index contributed by atoms with van der Waals surface area (Å²) in [4.78, 5) is 31.4. The molecule has 3 unspecified atom stereocenters. The summed E-state index contributed by atoms with van der Waals surface area (Å²) in [5.41, 5.74) is 0.783. The topological polar surface area (TPSA) is 79.7 Å². The van der Waals surface area contributed by atoms with Crippen molar-refractivity contribution in [2.24, 2.45) is 35.5 Å². The van der Waals surface area contributed by atoms with Crippen molar-refractivity contribution in [2.45, 2.75) is 93.5 Å². The van der Waals surface area contributed by atoms with Gasteiger partial charge >= 0.3 is 11.9 Å². The van der Waals surface area contributed by atoms with Crippen molar-refractivity contribution in [1.82, 2.24) is 9.55 Å². The molecule has 7 heteroatoms. The SMILES string of the molecule is COc1cccc(-c2nccn2C(CC(=O)OCC(CCC(C)C)C(C)C)C(=O)OCC(CCC(C)C)C(C)C)c1. The van der Waals surface area contributed by atoms with E-state index in [1.165, 1.54) is 0 Å². The standard InChI is InChI=1S/C34H54N2O5/c1-23(2)13-15-28(25(5)6)21-40-32(37)20-31(34(38)41-22-29(26(7)8)16-14-24(3)4)36-18-17-35-33(36)27-11-10-12-30(19-27)39-9/h10-12,17-19,23-26,28-29,31H,13-16,20-22H2,1-9H3. The minimum absolute atomic E-state index is 0.125. The van der Waals surface area contributed by atoms with Crippen LogP contribution >= 0.6 is 0 Å². The largest absolute Gasteiger partial charge is 0.497 e. The molecule has 0 amide bonds. The van der Waals surface area contributed by atoms with Crippen molar-refractivity contribution in [1.29, 1.82) is 0 Å². The van der Waals surface area contributed by atoms with Gasteiger partial charge in [-0.15, -0.1) is 0 Å². The molecule has 0 saturated carbocycles. The molecule has 41 heavy (non-hydrogen) atoms. The van der Waals surface area contributed by atoms with Gasteiger partial charge in [-0.05, 0) is 60.5 Å². The molecule has 1 aromatic carbocycles. The highest BCUT2D eigenvalue weighted by atomic mass is 16.5. The molecule has 0 aliphatic heterocycles. The van der Waals surface area contributed by atoms with Crippen LogP contribution in [0.2, 0.25) is 0 Å². The molecular formula is C34H54N2O5. The van der Waals surface area contributed by atoms with Crippen LogP contribution in [0.5, 0.6) is 5.75 Å². The Balaban J connectivity index is 2.27. The fourth-order valence-corrected chi connectivity index (χ4v) is 4.86. The van der Waals surface area contributed by atoms with Crippen molar-refractivity contribution in [3.8, 4) is 17.1 Å². The first-order valence-electron chi connectivity index (χ1n) is 15.4. The monoisotopic (exact) mass is 570 g/mol. The highest BCUT2D eigenvalue weighted by Gasteiger charge is 2.30. The molecule has 3 atom stereocenters. The summed E-state index contributed by atoms with van der Waals surface area (Å²) in [6.45, 7) is 18.1. The van der Waals surface area contributed by atoms with Gasteiger partial charge in [-0.2, -0.15) is 0 Å². The fourth-order valence-electron chi connectivity index (χ4n) is 4.86. The molecule has 0 fully saturated rings. The minimum Gasteiger partial charge on any atom is -0.497 e. The Bertz CT molecular complexity index is 1060. The van der Waals surface area contributed by atoms with Crippen LogP contribution in [0.15, 0.2) is 36.7 Å². The molecule has 0 bridgehead atoms. The molecule has 7 nitrogen and oxygen atoms in total. The lowest BCUT2D eigenvalue weighted by Crippen LogP contribution is -2.29. The van der Waals surface area contributed by atoms with Gasteiger partial charge in [-0.1, -0.05) is 80.4 Å². The maximum atomic E-state index is 13.7. The number of aromatic nitrogens is 2. The van der Waals surface area contributed by atoms with Crippen molar-refractivity contribution < 1.29 is 23.8 Å². The van der Waals surface area contributed by atoms with Crippen LogP contribution in [0, 0.1) is 35.5 Å². The van der Waals surface area contributed by atoms with E-state index in [2.05, 4.69) is 60.4 Å².